The molecular weight excluding hydrogens is 409 g/mol. The molecule has 0 amide bonds. The first-order chi connectivity index (χ1) is 14.2. The van der Waals surface area contributed by atoms with Gasteiger partial charge in [-0.25, -0.2) is 14.4 Å². The molecule has 0 radical (unpaired) electrons. The maximum absolute atomic E-state index is 13.4. The molecule has 3 aromatic heterocycles. The fraction of sp³-hybridized carbons (Fsp3) is 0.300. The number of aryl methyl sites for hydroxylation is 1. The molecule has 4 heterocycles. The van der Waals surface area contributed by atoms with Gasteiger partial charge in [-0.3, -0.25) is 4.57 Å². The molecule has 6 nitrogen and oxygen atoms in total. The smallest absolute Gasteiger partial charge is 0.197 e. The summed E-state index contributed by atoms with van der Waals surface area (Å²) >= 11 is 3.12. The first-order valence-corrected chi connectivity index (χ1v) is 11.0. The Hall–Kier alpha value is -2.36. The quantitative estimate of drug-likeness (QED) is 0.429. The van der Waals surface area contributed by atoms with E-state index in [2.05, 4.69) is 37.7 Å². The molecule has 1 aliphatic heterocycles. The fourth-order valence-corrected chi connectivity index (χ4v) is 5.26. The molecule has 1 aliphatic rings. The van der Waals surface area contributed by atoms with Gasteiger partial charge in [0.1, 0.15) is 22.0 Å². The molecule has 1 saturated heterocycles. The minimum absolute atomic E-state index is 0.123. The van der Waals surface area contributed by atoms with E-state index in [1.165, 1.54) is 28.8 Å². The summed E-state index contributed by atoms with van der Waals surface area (Å²) in [4.78, 5) is 11.0. The van der Waals surface area contributed by atoms with Crippen LogP contribution < -0.4 is 0 Å². The van der Waals surface area contributed by atoms with Gasteiger partial charge in [0, 0.05) is 22.4 Å². The number of halogens is 1. The van der Waals surface area contributed by atoms with E-state index >= 15 is 0 Å². The van der Waals surface area contributed by atoms with E-state index in [9.17, 15) is 4.39 Å². The first-order valence-electron chi connectivity index (χ1n) is 9.37. The number of rotatable bonds is 5. The van der Waals surface area contributed by atoms with Crippen LogP contribution in [-0.4, -0.2) is 37.4 Å². The Morgan fingerprint density at radius 1 is 1.24 bits per heavy atom. The van der Waals surface area contributed by atoms with Crippen LogP contribution in [0.4, 0.5) is 4.39 Å². The molecule has 0 aliphatic carbocycles. The van der Waals surface area contributed by atoms with Crippen LogP contribution in [0.25, 0.3) is 21.6 Å². The van der Waals surface area contributed by atoms with E-state index in [0.717, 1.165) is 45.4 Å². The highest BCUT2D eigenvalue weighted by Gasteiger charge is 2.23. The SMILES string of the molecule is Cc1cc2c(Sc3nnc(-c4ccc(F)cc4)n3CC3CCCO3)ncnc2s1. The Kier molecular flexibility index (Phi) is 5.03. The summed E-state index contributed by atoms with van der Waals surface area (Å²) in [5, 5.41) is 11.5. The number of hydrogen-bond donors (Lipinski definition) is 0. The third-order valence-corrected chi connectivity index (χ3v) is 6.80. The largest absolute Gasteiger partial charge is 0.376 e. The Balaban J connectivity index is 1.55. The van der Waals surface area contributed by atoms with Crippen LogP contribution in [0, 0.1) is 12.7 Å². The van der Waals surface area contributed by atoms with E-state index in [1.54, 1.807) is 29.8 Å². The lowest BCUT2D eigenvalue weighted by Crippen LogP contribution is -2.16. The van der Waals surface area contributed by atoms with Crippen molar-refractivity contribution in [1.29, 1.82) is 0 Å². The van der Waals surface area contributed by atoms with E-state index < -0.39 is 0 Å². The third kappa shape index (κ3) is 3.77. The fourth-order valence-electron chi connectivity index (χ4n) is 3.46. The summed E-state index contributed by atoms with van der Waals surface area (Å²) in [7, 11) is 0. The predicted molar refractivity (Wildman–Crippen MR) is 111 cm³/mol. The van der Waals surface area contributed by atoms with Crippen LogP contribution >= 0.6 is 23.1 Å². The number of hydrogen-bond acceptors (Lipinski definition) is 7. The Bertz CT molecular complexity index is 1150. The average molecular weight is 428 g/mol. The highest BCUT2D eigenvalue weighted by molar-refractivity contribution is 7.99. The summed E-state index contributed by atoms with van der Waals surface area (Å²) in [6, 6.07) is 8.44. The first kappa shape index (κ1) is 18.7. The minimum atomic E-state index is -0.273. The van der Waals surface area contributed by atoms with Crippen molar-refractivity contribution in [2.24, 2.45) is 0 Å². The number of ether oxygens (including phenoxy) is 1. The van der Waals surface area contributed by atoms with Gasteiger partial charge in [0.15, 0.2) is 11.0 Å². The number of benzene rings is 1. The minimum Gasteiger partial charge on any atom is -0.376 e. The lowest BCUT2D eigenvalue weighted by atomic mass is 10.2. The molecule has 148 valence electrons. The van der Waals surface area contributed by atoms with Gasteiger partial charge in [-0.1, -0.05) is 0 Å². The van der Waals surface area contributed by atoms with Crippen molar-refractivity contribution < 1.29 is 9.13 Å². The highest BCUT2D eigenvalue weighted by atomic mass is 32.2. The molecule has 1 aromatic carbocycles. The standard InChI is InChI=1S/C20H18FN5OS2/c1-12-9-16-18(28-12)22-11-23-19(16)29-20-25-24-17(13-4-6-14(21)7-5-13)26(20)10-15-3-2-8-27-15/h4-7,9,11,15H,2-3,8,10H2,1H3. The second-order valence-electron chi connectivity index (χ2n) is 6.92. The summed E-state index contributed by atoms with van der Waals surface area (Å²) in [5.74, 6) is 0.430. The van der Waals surface area contributed by atoms with Gasteiger partial charge in [-0.2, -0.15) is 0 Å². The van der Waals surface area contributed by atoms with Gasteiger partial charge >= 0.3 is 0 Å². The molecule has 1 fully saturated rings. The van der Waals surface area contributed by atoms with Gasteiger partial charge in [0.2, 0.25) is 0 Å². The van der Waals surface area contributed by atoms with Crippen LogP contribution in [0.2, 0.25) is 0 Å². The van der Waals surface area contributed by atoms with Gasteiger partial charge in [0.05, 0.1) is 12.6 Å². The van der Waals surface area contributed by atoms with Crippen LogP contribution in [0.15, 0.2) is 46.8 Å². The zero-order valence-electron chi connectivity index (χ0n) is 15.7. The van der Waals surface area contributed by atoms with Crippen molar-refractivity contribution >= 4 is 33.3 Å². The van der Waals surface area contributed by atoms with Crippen molar-refractivity contribution in [3.63, 3.8) is 0 Å². The highest BCUT2D eigenvalue weighted by Crippen LogP contribution is 2.35. The zero-order chi connectivity index (χ0) is 19.8. The van der Waals surface area contributed by atoms with Crippen LogP contribution in [0.3, 0.4) is 0 Å². The topological polar surface area (TPSA) is 65.7 Å². The normalized spacial score (nSPS) is 16.7. The van der Waals surface area contributed by atoms with E-state index in [-0.39, 0.29) is 11.9 Å². The summed E-state index contributed by atoms with van der Waals surface area (Å²) in [5.41, 5.74) is 0.822. The monoisotopic (exact) mass is 427 g/mol. The Morgan fingerprint density at radius 2 is 2.10 bits per heavy atom. The Labute approximate surface area is 175 Å². The van der Waals surface area contributed by atoms with Crippen LogP contribution in [0.1, 0.15) is 17.7 Å². The van der Waals surface area contributed by atoms with Gasteiger partial charge in [0.25, 0.3) is 0 Å². The second-order valence-corrected chi connectivity index (χ2v) is 9.11. The number of aromatic nitrogens is 5. The van der Waals surface area contributed by atoms with E-state index in [4.69, 9.17) is 4.74 Å². The van der Waals surface area contributed by atoms with Gasteiger partial charge in [-0.15, -0.1) is 21.5 Å². The second kappa shape index (κ2) is 7.81. The maximum atomic E-state index is 13.4. The molecule has 1 atom stereocenters. The van der Waals surface area contributed by atoms with Gasteiger partial charge in [-0.05, 0) is 61.9 Å². The lowest BCUT2D eigenvalue weighted by molar-refractivity contribution is 0.0953. The van der Waals surface area contributed by atoms with Crippen LogP contribution in [0.5, 0.6) is 0 Å². The van der Waals surface area contributed by atoms with E-state index in [0.29, 0.717) is 12.4 Å². The number of nitrogens with zero attached hydrogens (tertiary/aromatic N) is 5. The molecular formula is C20H18FN5OS2. The molecule has 1 unspecified atom stereocenters. The van der Waals surface area contributed by atoms with Gasteiger partial charge < -0.3 is 4.74 Å². The van der Waals surface area contributed by atoms with Crippen molar-refractivity contribution in [3.05, 3.63) is 47.4 Å². The van der Waals surface area contributed by atoms with Crippen molar-refractivity contribution in [3.8, 4) is 11.4 Å². The molecule has 9 heteroatoms. The predicted octanol–water partition coefficient (Wildman–Crippen LogP) is 4.73. The zero-order valence-corrected chi connectivity index (χ0v) is 17.3. The molecule has 4 aromatic rings. The summed E-state index contributed by atoms with van der Waals surface area (Å²) in [6.45, 7) is 3.49. The van der Waals surface area contributed by atoms with Crippen molar-refractivity contribution in [1.82, 2.24) is 24.7 Å². The molecule has 0 N–H and O–H groups in total. The van der Waals surface area contributed by atoms with Crippen molar-refractivity contribution in [2.75, 3.05) is 6.61 Å². The molecule has 29 heavy (non-hydrogen) atoms. The molecule has 0 saturated carbocycles. The summed E-state index contributed by atoms with van der Waals surface area (Å²) in [6.07, 6.45) is 3.77. The maximum Gasteiger partial charge on any atom is 0.197 e. The van der Waals surface area contributed by atoms with Crippen LogP contribution in [-0.2, 0) is 11.3 Å². The molecule has 0 bridgehead atoms. The van der Waals surface area contributed by atoms with E-state index in [1.807, 2.05) is 0 Å². The summed E-state index contributed by atoms with van der Waals surface area (Å²) < 4.78 is 21.3. The van der Waals surface area contributed by atoms with Crippen molar-refractivity contribution in [2.45, 2.75) is 42.6 Å². The average Bonchev–Trinajstić information content (AvgIpc) is 3.44. The Morgan fingerprint density at radius 3 is 2.90 bits per heavy atom. The molecule has 5 rings (SSSR count). The third-order valence-electron chi connectivity index (χ3n) is 4.83. The number of fused-ring (bicyclic) bond motifs is 1. The molecule has 0 spiro atoms. The number of thiophene rings is 1. The lowest BCUT2D eigenvalue weighted by Gasteiger charge is -2.14.